The van der Waals surface area contributed by atoms with E-state index in [1.807, 2.05) is 0 Å². The van der Waals surface area contributed by atoms with E-state index in [-0.39, 0.29) is 17.6 Å². The second kappa shape index (κ2) is 5.78. The minimum atomic E-state index is -3.26. The minimum Gasteiger partial charge on any atom is -0.377 e. The van der Waals surface area contributed by atoms with Gasteiger partial charge in [-0.1, -0.05) is 29.3 Å². The Morgan fingerprint density at radius 3 is 2.50 bits per heavy atom. The standard InChI is InChI=1S/C12H14Cl2O3S/c13-11-4-1-5-12(14)10(11)8-18(15,16)7-9-3-2-6-17-9/h1,4-5,9H,2-3,6-8H2/t9-/m1/s1. The number of rotatable bonds is 4. The van der Waals surface area contributed by atoms with Crippen molar-refractivity contribution in [3.63, 3.8) is 0 Å². The third-order valence-electron chi connectivity index (χ3n) is 2.89. The van der Waals surface area contributed by atoms with E-state index in [1.165, 1.54) is 0 Å². The SMILES string of the molecule is O=S(=O)(Cc1c(Cl)cccc1Cl)C[C@H]1CCCO1. The maximum Gasteiger partial charge on any atom is 0.157 e. The van der Waals surface area contributed by atoms with Crippen molar-refractivity contribution in [2.75, 3.05) is 12.4 Å². The lowest BCUT2D eigenvalue weighted by molar-refractivity contribution is 0.127. The Balaban J connectivity index is 2.12. The Kier molecular flexibility index (Phi) is 4.54. The smallest absolute Gasteiger partial charge is 0.157 e. The third-order valence-corrected chi connectivity index (χ3v) is 5.21. The zero-order valence-electron chi connectivity index (χ0n) is 9.73. The minimum absolute atomic E-state index is 0.0363. The van der Waals surface area contributed by atoms with Gasteiger partial charge in [0.15, 0.2) is 9.84 Å². The van der Waals surface area contributed by atoms with Crippen LogP contribution in [-0.2, 0) is 20.3 Å². The Morgan fingerprint density at radius 1 is 1.28 bits per heavy atom. The van der Waals surface area contributed by atoms with E-state index in [4.69, 9.17) is 27.9 Å². The van der Waals surface area contributed by atoms with Crippen molar-refractivity contribution in [2.45, 2.75) is 24.7 Å². The van der Waals surface area contributed by atoms with Gasteiger partial charge < -0.3 is 4.74 Å². The van der Waals surface area contributed by atoms with E-state index in [0.717, 1.165) is 12.8 Å². The average molecular weight is 309 g/mol. The summed E-state index contributed by atoms with van der Waals surface area (Å²) in [6.07, 6.45) is 1.54. The highest BCUT2D eigenvalue weighted by atomic mass is 35.5. The van der Waals surface area contributed by atoms with Crippen LogP contribution in [0.15, 0.2) is 18.2 Å². The van der Waals surface area contributed by atoms with Gasteiger partial charge in [0.2, 0.25) is 0 Å². The molecule has 0 aliphatic carbocycles. The van der Waals surface area contributed by atoms with Crippen LogP contribution in [0.3, 0.4) is 0 Å². The molecule has 3 nitrogen and oxygen atoms in total. The summed E-state index contributed by atoms with van der Waals surface area (Å²) < 4.78 is 29.5. The Bertz CT molecular complexity index is 502. The lowest BCUT2D eigenvalue weighted by Crippen LogP contribution is -2.21. The molecule has 100 valence electrons. The molecule has 18 heavy (non-hydrogen) atoms. The predicted molar refractivity (Wildman–Crippen MR) is 72.9 cm³/mol. The van der Waals surface area contributed by atoms with E-state index in [2.05, 4.69) is 0 Å². The fourth-order valence-corrected chi connectivity index (χ4v) is 4.40. The molecule has 0 aromatic heterocycles. The summed E-state index contributed by atoms with van der Waals surface area (Å²) in [7, 11) is -3.26. The molecule has 0 amide bonds. The zero-order valence-corrected chi connectivity index (χ0v) is 12.1. The summed E-state index contributed by atoms with van der Waals surface area (Å²) in [5.74, 6) is -0.0973. The number of benzene rings is 1. The van der Waals surface area contributed by atoms with Crippen LogP contribution in [0, 0.1) is 0 Å². The molecule has 0 bridgehead atoms. The molecule has 2 rings (SSSR count). The van der Waals surface area contributed by atoms with Gasteiger partial charge in [-0.25, -0.2) is 8.42 Å². The van der Waals surface area contributed by atoms with Crippen LogP contribution in [0.2, 0.25) is 10.0 Å². The summed E-state index contributed by atoms with van der Waals surface area (Å²) in [6, 6.07) is 4.98. The number of ether oxygens (including phenoxy) is 1. The molecule has 1 atom stereocenters. The van der Waals surface area contributed by atoms with Gasteiger partial charge in [0.25, 0.3) is 0 Å². The van der Waals surface area contributed by atoms with Gasteiger partial charge in [0.1, 0.15) is 0 Å². The maximum absolute atomic E-state index is 12.1. The molecule has 0 saturated carbocycles. The van der Waals surface area contributed by atoms with Crippen molar-refractivity contribution in [1.82, 2.24) is 0 Å². The number of hydrogen-bond acceptors (Lipinski definition) is 3. The molecule has 0 unspecified atom stereocenters. The van der Waals surface area contributed by atoms with Crippen LogP contribution in [0.25, 0.3) is 0 Å². The predicted octanol–water partition coefficient (Wildman–Crippen LogP) is 3.09. The fraction of sp³-hybridized carbons (Fsp3) is 0.500. The van der Waals surface area contributed by atoms with Crippen molar-refractivity contribution in [1.29, 1.82) is 0 Å². The van der Waals surface area contributed by atoms with Crippen LogP contribution in [0.1, 0.15) is 18.4 Å². The molecular formula is C12H14Cl2O3S. The highest BCUT2D eigenvalue weighted by Crippen LogP contribution is 2.27. The summed E-state index contributed by atoms with van der Waals surface area (Å²) in [5, 5.41) is 0.775. The second-order valence-corrected chi connectivity index (χ2v) is 7.31. The Morgan fingerprint density at radius 2 is 1.94 bits per heavy atom. The van der Waals surface area contributed by atoms with Gasteiger partial charge in [0.05, 0.1) is 17.6 Å². The first-order chi connectivity index (χ1) is 8.48. The molecule has 0 spiro atoms. The van der Waals surface area contributed by atoms with Gasteiger partial charge in [0, 0.05) is 22.2 Å². The molecular weight excluding hydrogens is 295 g/mol. The van der Waals surface area contributed by atoms with Gasteiger partial charge in [-0.15, -0.1) is 0 Å². The molecule has 1 saturated heterocycles. The Labute approximate surface area is 117 Å². The molecule has 0 N–H and O–H groups in total. The average Bonchev–Trinajstić information content (AvgIpc) is 2.75. The molecule has 1 aromatic rings. The molecule has 1 aliphatic rings. The maximum atomic E-state index is 12.1. The first-order valence-corrected chi connectivity index (χ1v) is 8.30. The number of halogens is 2. The summed E-state index contributed by atoms with van der Waals surface area (Å²) >= 11 is 11.9. The Hall–Kier alpha value is -0.290. The van der Waals surface area contributed by atoms with Gasteiger partial charge in [-0.05, 0) is 25.0 Å². The van der Waals surface area contributed by atoms with Crippen molar-refractivity contribution in [2.24, 2.45) is 0 Å². The second-order valence-electron chi connectivity index (χ2n) is 4.39. The largest absolute Gasteiger partial charge is 0.377 e. The third kappa shape index (κ3) is 3.60. The monoisotopic (exact) mass is 308 g/mol. The van der Waals surface area contributed by atoms with Crippen LogP contribution in [0.4, 0.5) is 0 Å². The van der Waals surface area contributed by atoms with Gasteiger partial charge in [-0.2, -0.15) is 0 Å². The van der Waals surface area contributed by atoms with Crippen molar-refractivity contribution in [3.05, 3.63) is 33.8 Å². The van der Waals surface area contributed by atoms with Crippen LogP contribution in [0.5, 0.6) is 0 Å². The summed E-state index contributed by atoms with van der Waals surface area (Å²) in [6.45, 7) is 0.646. The first-order valence-electron chi connectivity index (χ1n) is 5.73. The highest BCUT2D eigenvalue weighted by molar-refractivity contribution is 7.90. The van der Waals surface area contributed by atoms with E-state index >= 15 is 0 Å². The number of sulfone groups is 1. The van der Waals surface area contributed by atoms with Crippen LogP contribution < -0.4 is 0 Å². The van der Waals surface area contributed by atoms with E-state index in [1.54, 1.807) is 18.2 Å². The highest BCUT2D eigenvalue weighted by Gasteiger charge is 2.24. The molecule has 0 radical (unpaired) electrons. The quantitative estimate of drug-likeness (QED) is 0.858. The molecule has 1 aliphatic heterocycles. The molecule has 1 heterocycles. The fourth-order valence-electron chi connectivity index (χ4n) is 2.01. The summed E-state index contributed by atoms with van der Waals surface area (Å²) in [4.78, 5) is 0. The van der Waals surface area contributed by atoms with E-state index in [0.29, 0.717) is 22.2 Å². The van der Waals surface area contributed by atoms with Crippen molar-refractivity contribution in [3.8, 4) is 0 Å². The van der Waals surface area contributed by atoms with Crippen LogP contribution in [-0.4, -0.2) is 26.9 Å². The van der Waals surface area contributed by atoms with Crippen molar-refractivity contribution < 1.29 is 13.2 Å². The first kappa shape index (κ1) is 14.1. The lowest BCUT2D eigenvalue weighted by Gasteiger charge is -2.11. The topological polar surface area (TPSA) is 43.4 Å². The van der Waals surface area contributed by atoms with Crippen LogP contribution >= 0.6 is 23.2 Å². The summed E-state index contributed by atoms with van der Waals surface area (Å²) in [5.41, 5.74) is 0.471. The normalized spacial score (nSPS) is 20.2. The zero-order chi connectivity index (χ0) is 13.2. The molecule has 1 fully saturated rings. The van der Waals surface area contributed by atoms with E-state index in [9.17, 15) is 8.42 Å². The van der Waals surface area contributed by atoms with Crippen molar-refractivity contribution >= 4 is 33.0 Å². The van der Waals surface area contributed by atoms with E-state index < -0.39 is 9.84 Å². The molecule has 1 aromatic carbocycles. The lowest BCUT2D eigenvalue weighted by atomic mass is 10.2. The van der Waals surface area contributed by atoms with Gasteiger partial charge >= 0.3 is 0 Å². The van der Waals surface area contributed by atoms with Gasteiger partial charge in [-0.3, -0.25) is 0 Å². The number of hydrogen-bond donors (Lipinski definition) is 0. The molecule has 6 heteroatoms.